The number of aromatic nitrogens is 1. The average Bonchev–Trinajstić information content (AvgIpc) is 2.40. The molecule has 0 spiro atoms. The Morgan fingerprint density at radius 3 is 2.37 bits per heavy atom. The number of rotatable bonds is 4. The predicted molar refractivity (Wildman–Crippen MR) is 68.4 cm³/mol. The molecule has 1 unspecified atom stereocenters. The molecule has 0 aliphatic carbocycles. The summed E-state index contributed by atoms with van der Waals surface area (Å²) in [6.45, 7) is 0. The fourth-order valence-corrected chi connectivity index (χ4v) is 1.82. The normalized spacial score (nSPS) is 11.8. The summed E-state index contributed by atoms with van der Waals surface area (Å²) in [5, 5.41) is 10.6. The predicted octanol–water partition coefficient (Wildman–Crippen LogP) is 1.61. The molecule has 96 valence electrons. The number of nitrogens with two attached hydrogens (primary N) is 1. The smallest absolute Gasteiger partial charge is 0.269 e. The van der Waals surface area contributed by atoms with Crippen molar-refractivity contribution in [3.63, 3.8) is 0 Å². The zero-order valence-electron chi connectivity index (χ0n) is 9.89. The molecule has 19 heavy (non-hydrogen) atoms. The third-order valence-corrected chi connectivity index (χ3v) is 2.71. The van der Waals surface area contributed by atoms with E-state index >= 15 is 0 Å². The van der Waals surface area contributed by atoms with E-state index in [4.69, 9.17) is 5.73 Å². The minimum absolute atomic E-state index is 0.0343. The quantitative estimate of drug-likeness (QED) is 0.664. The summed E-state index contributed by atoms with van der Waals surface area (Å²) in [4.78, 5) is 25.8. The Hall–Kier alpha value is -2.76. The maximum absolute atomic E-state index is 11.6. The zero-order chi connectivity index (χ0) is 13.8. The Bertz CT molecular complexity index is 596. The lowest BCUT2D eigenvalue weighted by molar-refractivity contribution is -0.384. The number of nitro benzene ring substituents is 1. The molecule has 2 rings (SSSR count). The van der Waals surface area contributed by atoms with Gasteiger partial charge in [0, 0.05) is 18.3 Å². The molecule has 0 bridgehead atoms. The van der Waals surface area contributed by atoms with E-state index in [1.807, 2.05) is 0 Å². The number of pyridine rings is 1. The Labute approximate surface area is 109 Å². The first-order valence-electron chi connectivity index (χ1n) is 5.54. The largest absolute Gasteiger partial charge is 0.369 e. The number of carbonyl (C=O) groups is 1. The lowest BCUT2D eigenvalue weighted by atomic mass is 9.94. The maximum Gasteiger partial charge on any atom is 0.269 e. The van der Waals surface area contributed by atoms with Crippen molar-refractivity contribution >= 4 is 11.6 Å². The van der Waals surface area contributed by atoms with Crippen LogP contribution in [-0.2, 0) is 4.79 Å². The molecular weight excluding hydrogens is 246 g/mol. The van der Waals surface area contributed by atoms with Crippen LogP contribution in [0.3, 0.4) is 0 Å². The van der Waals surface area contributed by atoms with Crippen molar-refractivity contribution in [2.45, 2.75) is 5.92 Å². The third-order valence-electron chi connectivity index (χ3n) is 2.71. The molecule has 1 heterocycles. The molecule has 0 radical (unpaired) electrons. The molecular formula is C13H11N3O3. The minimum atomic E-state index is -0.706. The van der Waals surface area contributed by atoms with Gasteiger partial charge in [-0.15, -0.1) is 0 Å². The van der Waals surface area contributed by atoms with Crippen LogP contribution < -0.4 is 5.73 Å². The van der Waals surface area contributed by atoms with E-state index in [1.165, 1.54) is 24.3 Å². The average molecular weight is 257 g/mol. The fourth-order valence-electron chi connectivity index (χ4n) is 1.82. The second kappa shape index (κ2) is 5.26. The highest BCUT2D eigenvalue weighted by Gasteiger charge is 2.21. The second-order valence-electron chi connectivity index (χ2n) is 3.94. The van der Waals surface area contributed by atoms with Crippen LogP contribution in [0.5, 0.6) is 0 Å². The SMILES string of the molecule is NC(=O)C(c1ccc([N+](=O)[O-])cc1)c1ccccn1. The second-order valence-corrected chi connectivity index (χ2v) is 3.94. The van der Waals surface area contributed by atoms with Crippen molar-refractivity contribution < 1.29 is 9.72 Å². The van der Waals surface area contributed by atoms with E-state index < -0.39 is 16.7 Å². The Morgan fingerprint density at radius 1 is 1.21 bits per heavy atom. The van der Waals surface area contributed by atoms with Gasteiger partial charge in [0.2, 0.25) is 5.91 Å². The van der Waals surface area contributed by atoms with Crippen molar-refractivity contribution in [2.75, 3.05) is 0 Å². The van der Waals surface area contributed by atoms with E-state index in [2.05, 4.69) is 4.98 Å². The van der Waals surface area contributed by atoms with Gasteiger partial charge < -0.3 is 5.73 Å². The highest BCUT2D eigenvalue weighted by atomic mass is 16.6. The summed E-state index contributed by atoms with van der Waals surface area (Å²) >= 11 is 0. The van der Waals surface area contributed by atoms with Gasteiger partial charge in [-0.05, 0) is 17.7 Å². The van der Waals surface area contributed by atoms with Crippen molar-refractivity contribution in [3.05, 3.63) is 70.0 Å². The van der Waals surface area contributed by atoms with Crippen LogP contribution in [0.1, 0.15) is 17.2 Å². The molecule has 6 heteroatoms. The van der Waals surface area contributed by atoms with Gasteiger partial charge in [-0.1, -0.05) is 18.2 Å². The number of non-ortho nitro benzene ring substituents is 1. The van der Waals surface area contributed by atoms with Crippen molar-refractivity contribution in [2.24, 2.45) is 5.73 Å². The third kappa shape index (κ3) is 2.74. The number of amides is 1. The number of nitrogens with zero attached hydrogens (tertiary/aromatic N) is 2. The molecule has 1 atom stereocenters. The number of hydrogen-bond donors (Lipinski definition) is 1. The van der Waals surface area contributed by atoms with Gasteiger partial charge in [-0.25, -0.2) is 0 Å². The summed E-state index contributed by atoms with van der Waals surface area (Å²) in [6.07, 6.45) is 1.57. The number of carbonyl (C=O) groups excluding carboxylic acids is 1. The molecule has 2 aromatic rings. The number of primary amides is 1. The molecule has 0 aliphatic rings. The zero-order valence-corrected chi connectivity index (χ0v) is 9.89. The molecule has 1 aromatic carbocycles. The van der Waals surface area contributed by atoms with Crippen LogP contribution in [-0.4, -0.2) is 15.8 Å². The first-order valence-corrected chi connectivity index (χ1v) is 5.54. The Balaban J connectivity index is 2.40. The van der Waals surface area contributed by atoms with Gasteiger partial charge in [-0.2, -0.15) is 0 Å². The molecule has 1 amide bonds. The molecule has 0 fully saturated rings. The van der Waals surface area contributed by atoms with Crippen LogP contribution in [0.25, 0.3) is 0 Å². The highest BCUT2D eigenvalue weighted by molar-refractivity contribution is 5.85. The Kier molecular flexibility index (Phi) is 3.51. The summed E-state index contributed by atoms with van der Waals surface area (Å²) in [5.41, 5.74) is 6.45. The van der Waals surface area contributed by atoms with Gasteiger partial charge in [0.15, 0.2) is 0 Å². The monoisotopic (exact) mass is 257 g/mol. The number of hydrogen-bond acceptors (Lipinski definition) is 4. The summed E-state index contributed by atoms with van der Waals surface area (Å²) < 4.78 is 0. The van der Waals surface area contributed by atoms with Crippen molar-refractivity contribution in [3.8, 4) is 0 Å². The van der Waals surface area contributed by atoms with Crippen molar-refractivity contribution in [1.82, 2.24) is 4.98 Å². The van der Waals surface area contributed by atoms with Crippen LogP contribution in [0.15, 0.2) is 48.7 Å². The summed E-state index contributed by atoms with van der Waals surface area (Å²) in [7, 11) is 0. The van der Waals surface area contributed by atoms with Gasteiger partial charge >= 0.3 is 0 Å². The van der Waals surface area contributed by atoms with E-state index in [-0.39, 0.29) is 5.69 Å². The van der Waals surface area contributed by atoms with Gasteiger partial charge in [0.25, 0.3) is 5.69 Å². The number of nitro groups is 1. The van der Waals surface area contributed by atoms with E-state index in [1.54, 1.807) is 24.4 Å². The van der Waals surface area contributed by atoms with Crippen molar-refractivity contribution in [1.29, 1.82) is 0 Å². The topological polar surface area (TPSA) is 99.1 Å². The van der Waals surface area contributed by atoms with Crippen LogP contribution in [0.2, 0.25) is 0 Å². The standard InChI is InChI=1S/C13H11N3O3/c14-13(17)12(11-3-1-2-8-15-11)9-4-6-10(7-5-9)16(18)19/h1-8,12H,(H2,14,17). The molecule has 6 nitrogen and oxygen atoms in total. The molecule has 0 saturated carbocycles. The first kappa shape index (κ1) is 12.7. The van der Waals surface area contributed by atoms with E-state index in [0.29, 0.717) is 11.3 Å². The fraction of sp³-hybridized carbons (Fsp3) is 0.0769. The van der Waals surface area contributed by atoms with Gasteiger partial charge in [-0.3, -0.25) is 19.9 Å². The van der Waals surface area contributed by atoms with E-state index in [9.17, 15) is 14.9 Å². The number of benzene rings is 1. The summed E-state index contributed by atoms with van der Waals surface area (Å²) in [5.74, 6) is -1.26. The lowest BCUT2D eigenvalue weighted by Crippen LogP contribution is -2.23. The first-order chi connectivity index (χ1) is 9.09. The maximum atomic E-state index is 11.6. The van der Waals surface area contributed by atoms with Gasteiger partial charge in [0.1, 0.15) is 5.92 Å². The van der Waals surface area contributed by atoms with Gasteiger partial charge in [0.05, 0.1) is 10.6 Å². The van der Waals surface area contributed by atoms with Crippen LogP contribution in [0.4, 0.5) is 5.69 Å². The van der Waals surface area contributed by atoms with Crippen LogP contribution in [0, 0.1) is 10.1 Å². The highest BCUT2D eigenvalue weighted by Crippen LogP contribution is 2.24. The Morgan fingerprint density at radius 2 is 1.89 bits per heavy atom. The summed E-state index contributed by atoms with van der Waals surface area (Å²) in [6, 6.07) is 10.9. The lowest BCUT2D eigenvalue weighted by Gasteiger charge is -2.12. The van der Waals surface area contributed by atoms with Crippen LogP contribution >= 0.6 is 0 Å². The molecule has 0 saturated heterocycles. The molecule has 2 N–H and O–H groups in total. The molecule has 0 aliphatic heterocycles. The molecule has 1 aromatic heterocycles. The minimum Gasteiger partial charge on any atom is -0.369 e. The van der Waals surface area contributed by atoms with E-state index in [0.717, 1.165) is 0 Å².